The number of nitrogens with zero attached hydrogens (tertiary/aromatic N) is 2. The van der Waals surface area contributed by atoms with E-state index in [4.69, 9.17) is 18.9 Å². The van der Waals surface area contributed by atoms with Gasteiger partial charge in [-0.05, 0) is 60.2 Å². The molecule has 0 aliphatic heterocycles. The number of fused-ring (bicyclic) bond motifs is 3. The number of rotatable bonds is 9. The second-order valence-electron chi connectivity index (χ2n) is 8.75. The van der Waals surface area contributed by atoms with Gasteiger partial charge in [0.05, 0.1) is 57.9 Å². The summed E-state index contributed by atoms with van der Waals surface area (Å²) in [6, 6.07) is 21.8. The van der Waals surface area contributed by atoms with Crippen molar-refractivity contribution in [2.45, 2.75) is 6.54 Å². The zero-order valence-electron chi connectivity index (χ0n) is 22.2. The van der Waals surface area contributed by atoms with Gasteiger partial charge in [0, 0.05) is 22.5 Å². The SMILES string of the molecule is COc1ccc(-n2c3ccccc3c3cc(CNC(=O)/C=C/c4cc(OC)c(OC)c(OC)c4)ncc32)cc1. The molecule has 1 N–H and O–H groups in total. The Hall–Kier alpha value is -4.98. The first-order chi connectivity index (χ1) is 19.1. The second-order valence-corrected chi connectivity index (χ2v) is 8.75. The maximum atomic E-state index is 12.6. The van der Waals surface area contributed by atoms with Crippen LogP contribution >= 0.6 is 0 Å². The Morgan fingerprint density at radius 3 is 2.23 bits per heavy atom. The van der Waals surface area contributed by atoms with Crippen LogP contribution in [0.3, 0.4) is 0 Å². The van der Waals surface area contributed by atoms with Crippen LogP contribution in [-0.4, -0.2) is 43.9 Å². The van der Waals surface area contributed by atoms with Crippen molar-refractivity contribution in [3.05, 3.63) is 90.3 Å². The van der Waals surface area contributed by atoms with E-state index in [-0.39, 0.29) is 12.5 Å². The summed E-state index contributed by atoms with van der Waals surface area (Å²) in [5.74, 6) is 2.09. The highest BCUT2D eigenvalue weighted by molar-refractivity contribution is 6.09. The molecule has 5 rings (SSSR count). The highest BCUT2D eigenvalue weighted by Gasteiger charge is 2.14. The molecular weight excluding hydrogens is 494 g/mol. The van der Waals surface area contributed by atoms with Crippen LogP contribution in [0.4, 0.5) is 0 Å². The van der Waals surface area contributed by atoms with Crippen molar-refractivity contribution < 1.29 is 23.7 Å². The topological polar surface area (TPSA) is 83.8 Å². The molecule has 0 radical (unpaired) electrons. The lowest BCUT2D eigenvalue weighted by Gasteiger charge is -2.12. The summed E-state index contributed by atoms with van der Waals surface area (Å²) in [6.45, 7) is 0.288. The third kappa shape index (κ3) is 5.09. The van der Waals surface area contributed by atoms with Crippen molar-refractivity contribution in [2.75, 3.05) is 28.4 Å². The van der Waals surface area contributed by atoms with E-state index in [1.807, 2.05) is 48.7 Å². The van der Waals surface area contributed by atoms with Crippen LogP contribution in [0.2, 0.25) is 0 Å². The second kappa shape index (κ2) is 11.2. The number of ether oxygens (including phenoxy) is 4. The van der Waals surface area contributed by atoms with Crippen molar-refractivity contribution >= 4 is 33.8 Å². The van der Waals surface area contributed by atoms with Gasteiger partial charge in [-0.1, -0.05) is 18.2 Å². The van der Waals surface area contributed by atoms with E-state index < -0.39 is 0 Å². The monoisotopic (exact) mass is 523 g/mol. The maximum absolute atomic E-state index is 12.6. The first kappa shape index (κ1) is 25.7. The quantitative estimate of drug-likeness (QED) is 0.255. The third-order valence-corrected chi connectivity index (χ3v) is 6.50. The van der Waals surface area contributed by atoms with Gasteiger partial charge in [-0.25, -0.2) is 0 Å². The minimum absolute atomic E-state index is 0.244. The number of carbonyl (C=O) groups excluding carboxylic acids is 1. The van der Waals surface area contributed by atoms with E-state index in [0.717, 1.165) is 44.5 Å². The van der Waals surface area contributed by atoms with Gasteiger partial charge in [0.2, 0.25) is 11.7 Å². The summed E-state index contributed by atoms with van der Waals surface area (Å²) in [5, 5.41) is 5.09. The maximum Gasteiger partial charge on any atom is 0.244 e. The van der Waals surface area contributed by atoms with Crippen LogP contribution in [0, 0.1) is 0 Å². The highest BCUT2D eigenvalue weighted by atomic mass is 16.5. The fraction of sp³-hybridized carbons (Fsp3) is 0.161. The van der Waals surface area contributed by atoms with Crippen LogP contribution in [0.15, 0.2) is 79.0 Å². The minimum atomic E-state index is -0.244. The molecule has 2 heterocycles. The molecule has 3 aromatic carbocycles. The van der Waals surface area contributed by atoms with E-state index in [0.29, 0.717) is 17.2 Å². The number of methoxy groups -OCH3 is 4. The molecule has 0 saturated carbocycles. The Morgan fingerprint density at radius 1 is 0.846 bits per heavy atom. The molecule has 2 aromatic heterocycles. The summed E-state index contributed by atoms with van der Waals surface area (Å²) in [6.07, 6.45) is 5.01. The molecule has 0 bridgehead atoms. The molecule has 0 unspecified atom stereocenters. The van der Waals surface area contributed by atoms with E-state index >= 15 is 0 Å². The number of carbonyl (C=O) groups is 1. The van der Waals surface area contributed by atoms with Crippen molar-refractivity contribution in [3.8, 4) is 28.7 Å². The molecule has 0 aliphatic rings. The van der Waals surface area contributed by atoms with Gasteiger partial charge >= 0.3 is 0 Å². The number of para-hydroxylation sites is 1. The summed E-state index contributed by atoms with van der Waals surface area (Å²) in [7, 11) is 6.31. The van der Waals surface area contributed by atoms with Gasteiger partial charge in [0.25, 0.3) is 0 Å². The van der Waals surface area contributed by atoms with Crippen LogP contribution < -0.4 is 24.3 Å². The number of amides is 1. The summed E-state index contributed by atoms with van der Waals surface area (Å²) in [4.78, 5) is 17.3. The first-order valence-corrected chi connectivity index (χ1v) is 12.3. The molecule has 5 aromatic rings. The lowest BCUT2D eigenvalue weighted by molar-refractivity contribution is -0.116. The molecular formula is C31H29N3O5. The molecule has 39 heavy (non-hydrogen) atoms. The fourth-order valence-electron chi connectivity index (χ4n) is 4.62. The molecule has 0 atom stereocenters. The standard InChI is InChI=1S/C31H29N3O5/c1-36-23-12-10-22(11-13-23)34-26-8-6-5-7-24(26)25-17-21(32-19-27(25)34)18-33-30(35)14-9-20-15-28(37-2)31(39-4)29(16-20)38-3/h5-17,19H,18H2,1-4H3,(H,33,35)/b14-9+. The molecule has 0 spiro atoms. The molecule has 0 saturated heterocycles. The van der Waals surface area contributed by atoms with Gasteiger partial charge in [0.15, 0.2) is 11.5 Å². The molecule has 198 valence electrons. The number of aromatic nitrogens is 2. The molecule has 8 heteroatoms. The normalized spacial score (nSPS) is 11.2. The van der Waals surface area contributed by atoms with Gasteiger partial charge in [0.1, 0.15) is 5.75 Å². The Balaban J connectivity index is 1.37. The Kier molecular flexibility index (Phi) is 7.36. The molecule has 0 fully saturated rings. The van der Waals surface area contributed by atoms with E-state index in [2.05, 4.69) is 27.0 Å². The Morgan fingerprint density at radius 2 is 1.56 bits per heavy atom. The average Bonchev–Trinajstić information content (AvgIpc) is 3.32. The van der Waals surface area contributed by atoms with E-state index in [9.17, 15) is 4.79 Å². The molecule has 8 nitrogen and oxygen atoms in total. The van der Waals surface area contributed by atoms with Crippen LogP contribution in [0.1, 0.15) is 11.3 Å². The summed E-state index contributed by atoms with van der Waals surface area (Å²) in [5.41, 5.74) is 4.58. The first-order valence-electron chi connectivity index (χ1n) is 12.3. The van der Waals surface area contributed by atoms with Gasteiger partial charge in [-0.2, -0.15) is 0 Å². The number of nitrogens with one attached hydrogen (secondary N) is 1. The minimum Gasteiger partial charge on any atom is -0.497 e. The molecule has 0 aliphatic carbocycles. The zero-order chi connectivity index (χ0) is 27.4. The van der Waals surface area contributed by atoms with Crippen LogP contribution in [0.25, 0.3) is 33.6 Å². The lowest BCUT2D eigenvalue weighted by atomic mass is 10.1. The number of benzene rings is 3. The largest absolute Gasteiger partial charge is 0.497 e. The van der Waals surface area contributed by atoms with Crippen molar-refractivity contribution in [3.63, 3.8) is 0 Å². The van der Waals surface area contributed by atoms with Crippen molar-refractivity contribution in [1.29, 1.82) is 0 Å². The number of hydrogen-bond acceptors (Lipinski definition) is 6. The van der Waals surface area contributed by atoms with Gasteiger partial charge < -0.3 is 28.8 Å². The predicted octanol–water partition coefficient (Wildman–Crippen LogP) is 5.54. The van der Waals surface area contributed by atoms with Gasteiger partial charge in [-0.3, -0.25) is 9.78 Å². The average molecular weight is 524 g/mol. The van der Waals surface area contributed by atoms with Crippen molar-refractivity contribution in [1.82, 2.24) is 14.9 Å². The van der Waals surface area contributed by atoms with Crippen molar-refractivity contribution in [2.24, 2.45) is 0 Å². The summed E-state index contributed by atoms with van der Waals surface area (Å²) >= 11 is 0. The Bertz CT molecular complexity index is 1650. The fourth-order valence-corrected chi connectivity index (χ4v) is 4.62. The van der Waals surface area contributed by atoms with E-state index in [1.165, 1.54) is 6.08 Å². The van der Waals surface area contributed by atoms with Gasteiger partial charge in [-0.15, -0.1) is 0 Å². The zero-order valence-corrected chi connectivity index (χ0v) is 22.2. The molecule has 1 amide bonds. The number of pyridine rings is 1. The Labute approximate surface area is 226 Å². The van der Waals surface area contributed by atoms with E-state index in [1.54, 1.807) is 46.6 Å². The predicted molar refractivity (Wildman–Crippen MR) is 152 cm³/mol. The number of hydrogen-bond donors (Lipinski definition) is 1. The third-order valence-electron chi connectivity index (χ3n) is 6.50. The smallest absolute Gasteiger partial charge is 0.244 e. The summed E-state index contributed by atoms with van der Waals surface area (Å²) < 4.78 is 23.6. The van der Waals surface area contributed by atoms with Crippen LogP contribution in [0.5, 0.6) is 23.0 Å². The lowest BCUT2D eigenvalue weighted by Crippen LogP contribution is -2.20. The van der Waals surface area contributed by atoms with Crippen LogP contribution in [-0.2, 0) is 11.3 Å². The highest BCUT2D eigenvalue weighted by Crippen LogP contribution is 2.38.